The minimum absolute atomic E-state index is 0. The number of carbonyl (C=O) groups excluding carboxylic acids is 4. The van der Waals surface area contributed by atoms with E-state index in [1.54, 1.807) is 0 Å². The van der Waals surface area contributed by atoms with Crippen LogP contribution in [0.5, 0.6) is 0 Å². The number of hydrogen-bond donors (Lipinski definition) is 0. The third-order valence-corrected chi connectivity index (χ3v) is 5.65. The van der Waals surface area contributed by atoms with Crippen LogP contribution in [0.4, 0.5) is 0 Å². The van der Waals surface area contributed by atoms with Crippen LogP contribution in [0.25, 0.3) is 0 Å². The number of unbranched alkanes of at least 4 members (excludes halogenated alkanes) is 4. The Hall–Kier alpha value is -1.25. The molecule has 0 spiro atoms. The molecule has 0 radical (unpaired) electrons. The van der Waals surface area contributed by atoms with Gasteiger partial charge in [0.25, 0.3) is 0 Å². The van der Waals surface area contributed by atoms with Gasteiger partial charge in [-0.25, -0.2) is 0 Å². The molecule has 0 atom stereocenters. The van der Waals surface area contributed by atoms with E-state index in [1.165, 1.54) is 0 Å². The summed E-state index contributed by atoms with van der Waals surface area (Å²) < 4.78 is 0. The molecule has 0 aromatic heterocycles. The molecule has 0 amide bonds. The van der Waals surface area contributed by atoms with Crippen molar-refractivity contribution in [2.24, 2.45) is 23.7 Å². The molecule has 0 saturated heterocycles. The Labute approximate surface area is 270 Å². The van der Waals surface area contributed by atoms with Crippen molar-refractivity contribution < 1.29 is 65.4 Å². The maximum absolute atomic E-state index is 9.93. The van der Waals surface area contributed by atoms with Crippen LogP contribution in [0.2, 0.25) is 0 Å². The van der Waals surface area contributed by atoms with E-state index >= 15 is 0 Å². The SMILES string of the molecule is CC(C)CCCCC(=O)[O-].CC(C)CCCCC(=O)[O-].CC(C)CCCCC(=O)[O-].CC(C)CCCCC(=O)[O-].[Hf+4]. The average molecular weight is 751 g/mol. The van der Waals surface area contributed by atoms with Gasteiger partial charge in [-0.3, -0.25) is 0 Å². The second kappa shape index (κ2) is 36.8. The van der Waals surface area contributed by atoms with Gasteiger partial charge in [-0.05, 0) is 75.0 Å². The smallest absolute Gasteiger partial charge is 0.550 e. The maximum Gasteiger partial charge on any atom is 4.00 e. The van der Waals surface area contributed by atoms with Crippen LogP contribution in [0.1, 0.15) is 158 Å². The summed E-state index contributed by atoms with van der Waals surface area (Å²) in [5, 5.41) is 39.7. The van der Waals surface area contributed by atoms with E-state index in [4.69, 9.17) is 0 Å². The summed E-state index contributed by atoms with van der Waals surface area (Å²) in [6.45, 7) is 17.1. The Morgan fingerprint density at radius 2 is 0.512 bits per heavy atom. The van der Waals surface area contributed by atoms with Crippen LogP contribution in [-0.2, 0) is 45.0 Å². The minimum atomic E-state index is -0.927. The summed E-state index contributed by atoms with van der Waals surface area (Å²) in [6.07, 6.45) is 12.4. The van der Waals surface area contributed by atoms with E-state index in [9.17, 15) is 39.6 Å². The van der Waals surface area contributed by atoms with Gasteiger partial charge in [-0.1, -0.05) is 107 Å². The minimum Gasteiger partial charge on any atom is -0.550 e. The Morgan fingerprint density at radius 1 is 0.366 bits per heavy atom. The zero-order valence-corrected chi connectivity index (χ0v) is 31.0. The molecule has 41 heavy (non-hydrogen) atoms. The van der Waals surface area contributed by atoms with Crippen molar-refractivity contribution in [2.75, 3.05) is 0 Å². The number of hydrogen-bond acceptors (Lipinski definition) is 8. The number of carboxylic acid groups (broad SMARTS) is 4. The van der Waals surface area contributed by atoms with Gasteiger partial charge < -0.3 is 39.6 Å². The molecule has 0 fully saturated rings. The van der Waals surface area contributed by atoms with Gasteiger partial charge >= 0.3 is 25.8 Å². The largest absolute Gasteiger partial charge is 4.00 e. The Balaban J connectivity index is -0.000000139. The Bertz CT molecular complexity index is 501. The molecular weight excluding hydrogens is 691 g/mol. The van der Waals surface area contributed by atoms with E-state index in [0.29, 0.717) is 23.7 Å². The van der Waals surface area contributed by atoms with Crippen LogP contribution >= 0.6 is 0 Å². The van der Waals surface area contributed by atoms with Crippen molar-refractivity contribution in [3.8, 4) is 0 Å². The number of carboxylic acids is 4. The van der Waals surface area contributed by atoms with E-state index in [-0.39, 0.29) is 51.5 Å². The first-order valence-electron chi connectivity index (χ1n) is 15.3. The van der Waals surface area contributed by atoms with Gasteiger partial charge in [0.2, 0.25) is 0 Å². The summed E-state index contributed by atoms with van der Waals surface area (Å²) in [6, 6.07) is 0. The monoisotopic (exact) mass is 752 g/mol. The standard InChI is InChI=1S/4C8H16O2.Hf/c4*1-7(2)5-3-4-6-8(9)10;/h4*7H,3-6H2,1-2H3,(H,9,10);/q;;;;+4/p-4. The fraction of sp³-hybridized carbons (Fsp3) is 0.875. The van der Waals surface area contributed by atoms with Crippen molar-refractivity contribution in [1.29, 1.82) is 0 Å². The summed E-state index contributed by atoms with van der Waals surface area (Å²) in [5.41, 5.74) is 0. The van der Waals surface area contributed by atoms with Gasteiger partial charge in [0.1, 0.15) is 0 Å². The molecular formula is C32H60HfO8. The predicted molar refractivity (Wildman–Crippen MR) is 153 cm³/mol. The molecule has 0 unspecified atom stereocenters. The summed E-state index contributed by atoms with van der Waals surface area (Å²) >= 11 is 0. The van der Waals surface area contributed by atoms with Crippen molar-refractivity contribution in [3.63, 3.8) is 0 Å². The molecule has 0 heterocycles. The first kappa shape index (κ1) is 49.4. The van der Waals surface area contributed by atoms with Crippen LogP contribution in [0, 0.1) is 23.7 Å². The van der Waals surface area contributed by atoms with Gasteiger partial charge in [0.15, 0.2) is 0 Å². The molecule has 9 heteroatoms. The zero-order chi connectivity index (χ0) is 31.9. The number of carbonyl (C=O) groups is 4. The third-order valence-electron chi connectivity index (χ3n) is 5.65. The van der Waals surface area contributed by atoms with Crippen molar-refractivity contribution in [1.82, 2.24) is 0 Å². The molecule has 0 bridgehead atoms. The van der Waals surface area contributed by atoms with E-state index in [1.807, 2.05) is 0 Å². The van der Waals surface area contributed by atoms with Gasteiger partial charge in [-0.15, -0.1) is 0 Å². The van der Waals surface area contributed by atoms with Crippen LogP contribution < -0.4 is 20.4 Å². The molecule has 0 aliphatic heterocycles. The van der Waals surface area contributed by atoms with Gasteiger partial charge in [0.05, 0.1) is 0 Å². The fourth-order valence-electron chi connectivity index (χ4n) is 3.29. The molecule has 0 rings (SSSR count). The summed E-state index contributed by atoms with van der Waals surface area (Å²) in [5.74, 6) is -0.980. The number of aliphatic carboxylic acids is 4. The molecule has 240 valence electrons. The quantitative estimate of drug-likeness (QED) is 0.134. The molecule has 0 aliphatic rings. The summed E-state index contributed by atoms with van der Waals surface area (Å²) in [4.78, 5) is 39.7. The predicted octanol–water partition coefficient (Wildman–Crippen LogP) is 3.81. The normalized spacial score (nSPS) is 10.0. The zero-order valence-electron chi connectivity index (χ0n) is 27.4. The van der Waals surface area contributed by atoms with Gasteiger partial charge in [0, 0.05) is 23.9 Å². The molecule has 0 aromatic rings. The van der Waals surface area contributed by atoms with Crippen LogP contribution in [0.15, 0.2) is 0 Å². The first-order chi connectivity index (χ1) is 18.5. The summed E-state index contributed by atoms with van der Waals surface area (Å²) in [7, 11) is 0. The fourth-order valence-corrected chi connectivity index (χ4v) is 3.29. The van der Waals surface area contributed by atoms with Crippen LogP contribution in [0.3, 0.4) is 0 Å². The molecule has 0 N–H and O–H groups in total. The van der Waals surface area contributed by atoms with E-state index in [0.717, 1.165) is 77.0 Å². The number of rotatable bonds is 20. The Kier molecular flexibility index (Phi) is 44.3. The average Bonchev–Trinajstić information content (AvgIpc) is 2.80. The Morgan fingerprint density at radius 3 is 0.610 bits per heavy atom. The van der Waals surface area contributed by atoms with Crippen molar-refractivity contribution in [2.45, 2.75) is 158 Å². The van der Waals surface area contributed by atoms with Gasteiger partial charge in [-0.2, -0.15) is 0 Å². The molecule has 0 aromatic carbocycles. The van der Waals surface area contributed by atoms with Crippen LogP contribution in [-0.4, -0.2) is 23.9 Å². The molecule has 8 nitrogen and oxygen atoms in total. The van der Waals surface area contributed by atoms with Crippen molar-refractivity contribution in [3.05, 3.63) is 0 Å². The van der Waals surface area contributed by atoms with Crippen molar-refractivity contribution >= 4 is 23.9 Å². The molecule has 0 saturated carbocycles. The third kappa shape index (κ3) is 73.1. The maximum atomic E-state index is 9.93. The second-order valence-electron chi connectivity index (χ2n) is 12.0. The second-order valence-corrected chi connectivity index (χ2v) is 12.0. The molecule has 0 aliphatic carbocycles. The van der Waals surface area contributed by atoms with E-state index < -0.39 is 23.9 Å². The van der Waals surface area contributed by atoms with E-state index in [2.05, 4.69) is 55.4 Å². The topological polar surface area (TPSA) is 161 Å². The first-order valence-corrected chi connectivity index (χ1v) is 15.3.